The number of benzene rings is 2. The van der Waals surface area contributed by atoms with Crippen molar-refractivity contribution in [3.8, 4) is 0 Å². The molecular weight excluding hydrogens is 418 g/mol. The first-order chi connectivity index (χ1) is 12.5. The van der Waals surface area contributed by atoms with E-state index in [-0.39, 0.29) is 17.9 Å². The van der Waals surface area contributed by atoms with Crippen LogP contribution in [0.1, 0.15) is 18.4 Å². The molecule has 5 nitrogen and oxygen atoms in total. The van der Waals surface area contributed by atoms with Crippen LogP contribution in [0, 0.1) is 6.92 Å². The standard InChI is InChI=1S/C19H17BrClN3O2/c1-12-4-2-5-14-18(12)22-11-24(19(14)26)9-3-6-17(25)23-16-8-7-13(20)10-15(16)21/h2,4-5,7-8,10-11H,3,6,9H2,1H3,(H,23,25). The number of aryl methyl sites for hydroxylation is 2. The van der Waals surface area contributed by atoms with Crippen molar-refractivity contribution in [1.82, 2.24) is 9.55 Å². The third-order valence-corrected chi connectivity index (χ3v) is 4.87. The number of carbonyl (C=O) groups excluding carboxylic acids is 1. The summed E-state index contributed by atoms with van der Waals surface area (Å²) in [6, 6.07) is 10.8. The summed E-state index contributed by atoms with van der Waals surface area (Å²) in [7, 11) is 0. The molecule has 0 saturated heterocycles. The van der Waals surface area contributed by atoms with Crippen molar-refractivity contribution in [2.24, 2.45) is 0 Å². The van der Waals surface area contributed by atoms with Gasteiger partial charge in [-0.1, -0.05) is 39.7 Å². The number of carbonyl (C=O) groups is 1. The Hall–Kier alpha value is -2.18. The highest BCUT2D eigenvalue weighted by Crippen LogP contribution is 2.25. The predicted octanol–water partition coefficient (Wildman–Crippen LogP) is 4.54. The maximum Gasteiger partial charge on any atom is 0.261 e. The lowest BCUT2D eigenvalue weighted by Gasteiger charge is -2.09. The van der Waals surface area contributed by atoms with E-state index >= 15 is 0 Å². The van der Waals surface area contributed by atoms with Crippen molar-refractivity contribution >= 4 is 50.0 Å². The van der Waals surface area contributed by atoms with Gasteiger partial charge in [0.15, 0.2) is 0 Å². The quantitative estimate of drug-likeness (QED) is 0.641. The van der Waals surface area contributed by atoms with Crippen molar-refractivity contribution in [3.63, 3.8) is 0 Å². The van der Waals surface area contributed by atoms with Gasteiger partial charge in [0.1, 0.15) is 0 Å². The number of rotatable bonds is 5. The number of hydrogen-bond donors (Lipinski definition) is 1. The predicted molar refractivity (Wildman–Crippen MR) is 108 cm³/mol. The molecule has 1 amide bonds. The zero-order valence-corrected chi connectivity index (χ0v) is 16.5. The second-order valence-corrected chi connectivity index (χ2v) is 7.31. The molecule has 1 aromatic heterocycles. The molecule has 1 heterocycles. The van der Waals surface area contributed by atoms with Crippen molar-refractivity contribution in [3.05, 3.63) is 68.1 Å². The summed E-state index contributed by atoms with van der Waals surface area (Å²) in [5.41, 5.74) is 2.17. The lowest BCUT2D eigenvalue weighted by atomic mass is 10.1. The van der Waals surface area contributed by atoms with Gasteiger partial charge in [-0.15, -0.1) is 0 Å². The number of fused-ring (bicyclic) bond motifs is 1. The second kappa shape index (κ2) is 8.01. The fraction of sp³-hybridized carbons (Fsp3) is 0.211. The molecule has 2 aromatic carbocycles. The van der Waals surface area contributed by atoms with Crippen LogP contribution in [0.25, 0.3) is 10.9 Å². The highest BCUT2D eigenvalue weighted by Gasteiger charge is 2.08. The summed E-state index contributed by atoms with van der Waals surface area (Å²) < 4.78 is 2.39. The molecule has 0 atom stereocenters. The van der Waals surface area contributed by atoms with Gasteiger partial charge >= 0.3 is 0 Å². The number of nitrogens with one attached hydrogen (secondary N) is 1. The first-order valence-electron chi connectivity index (χ1n) is 8.15. The summed E-state index contributed by atoms with van der Waals surface area (Å²) in [4.78, 5) is 29.0. The molecule has 0 unspecified atom stereocenters. The molecule has 26 heavy (non-hydrogen) atoms. The summed E-state index contributed by atoms with van der Waals surface area (Å²) in [6.45, 7) is 2.36. The monoisotopic (exact) mass is 433 g/mol. The number of aromatic nitrogens is 2. The molecule has 0 saturated carbocycles. The van der Waals surface area contributed by atoms with Gasteiger partial charge in [0, 0.05) is 17.4 Å². The third-order valence-electron chi connectivity index (χ3n) is 4.06. The molecule has 0 bridgehead atoms. The van der Waals surface area contributed by atoms with Gasteiger partial charge in [0.05, 0.1) is 27.9 Å². The summed E-state index contributed by atoms with van der Waals surface area (Å²) >= 11 is 9.42. The Kier molecular flexibility index (Phi) is 5.74. The molecule has 3 aromatic rings. The Labute approximate surface area is 164 Å². The zero-order chi connectivity index (χ0) is 18.7. The van der Waals surface area contributed by atoms with E-state index in [1.165, 1.54) is 0 Å². The fourth-order valence-electron chi connectivity index (χ4n) is 2.71. The fourth-order valence-corrected chi connectivity index (χ4v) is 3.43. The minimum Gasteiger partial charge on any atom is -0.325 e. The van der Waals surface area contributed by atoms with Gasteiger partial charge in [0.2, 0.25) is 5.91 Å². The van der Waals surface area contributed by atoms with E-state index in [9.17, 15) is 9.59 Å². The lowest BCUT2D eigenvalue weighted by Crippen LogP contribution is -2.22. The van der Waals surface area contributed by atoms with Gasteiger partial charge < -0.3 is 5.32 Å². The third kappa shape index (κ3) is 4.14. The average molecular weight is 435 g/mol. The molecular formula is C19H17BrClN3O2. The highest BCUT2D eigenvalue weighted by molar-refractivity contribution is 9.10. The molecule has 3 rings (SSSR count). The smallest absolute Gasteiger partial charge is 0.261 e. The molecule has 7 heteroatoms. The van der Waals surface area contributed by atoms with E-state index in [0.717, 1.165) is 15.6 Å². The van der Waals surface area contributed by atoms with Crippen molar-refractivity contribution in [2.75, 3.05) is 5.32 Å². The Morgan fingerprint density at radius 3 is 2.88 bits per heavy atom. The van der Waals surface area contributed by atoms with Gasteiger partial charge in [0.25, 0.3) is 5.56 Å². The van der Waals surface area contributed by atoms with E-state index < -0.39 is 0 Å². The zero-order valence-electron chi connectivity index (χ0n) is 14.1. The number of halogens is 2. The van der Waals surface area contributed by atoms with Crippen molar-refractivity contribution < 1.29 is 4.79 Å². The second-order valence-electron chi connectivity index (χ2n) is 5.99. The molecule has 1 N–H and O–H groups in total. The van der Waals surface area contributed by atoms with Crippen LogP contribution in [0.2, 0.25) is 5.02 Å². The topological polar surface area (TPSA) is 64.0 Å². The maximum atomic E-state index is 12.5. The minimum atomic E-state index is -0.146. The van der Waals surface area contributed by atoms with Crippen LogP contribution < -0.4 is 10.9 Å². The van der Waals surface area contributed by atoms with Crippen LogP contribution >= 0.6 is 27.5 Å². The lowest BCUT2D eigenvalue weighted by molar-refractivity contribution is -0.116. The Balaban J connectivity index is 1.63. The summed E-state index contributed by atoms with van der Waals surface area (Å²) in [5.74, 6) is -0.146. The van der Waals surface area contributed by atoms with Crippen molar-refractivity contribution in [2.45, 2.75) is 26.3 Å². The number of anilines is 1. The van der Waals surface area contributed by atoms with E-state index in [1.54, 1.807) is 29.1 Å². The molecule has 0 aliphatic carbocycles. The number of hydrogen-bond acceptors (Lipinski definition) is 3. The van der Waals surface area contributed by atoms with Gasteiger partial charge in [-0.2, -0.15) is 0 Å². The van der Waals surface area contributed by atoms with E-state index in [2.05, 4.69) is 26.2 Å². The summed E-state index contributed by atoms with van der Waals surface area (Å²) in [6.07, 6.45) is 2.35. The SMILES string of the molecule is Cc1cccc2c(=O)n(CCCC(=O)Nc3ccc(Br)cc3Cl)cnc12. The molecule has 134 valence electrons. The molecule has 0 spiro atoms. The Bertz CT molecular complexity index is 1030. The molecule has 0 aliphatic rings. The first kappa shape index (κ1) is 18.6. The number of amides is 1. The highest BCUT2D eigenvalue weighted by atomic mass is 79.9. The molecule has 0 radical (unpaired) electrons. The van der Waals surface area contributed by atoms with E-state index in [0.29, 0.717) is 29.1 Å². The van der Waals surface area contributed by atoms with Gasteiger partial charge in [-0.3, -0.25) is 14.2 Å². The Morgan fingerprint density at radius 2 is 2.12 bits per heavy atom. The first-order valence-corrected chi connectivity index (χ1v) is 9.32. The normalized spacial score (nSPS) is 10.9. The largest absolute Gasteiger partial charge is 0.325 e. The van der Waals surface area contributed by atoms with Crippen LogP contribution in [0.15, 0.2) is 52.0 Å². The Morgan fingerprint density at radius 1 is 1.31 bits per heavy atom. The van der Waals surface area contributed by atoms with Gasteiger partial charge in [-0.05, 0) is 43.2 Å². The van der Waals surface area contributed by atoms with Gasteiger partial charge in [-0.25, -0.2) is 4.98 Å². The molecule has 0 fully saturated rings. The van der Waals surface area contributed by atoms with E-state index in [4.69, 9.17) is 11.6 Å². The van der Waals surface area contributed by atoms with Crippen LogP contribution in [0.4, 0.5) is 5.69 Å². The maximum absolute atomic E-state index is 12.5. The van der Waals surface area contributed by atoms with E-state index in [1.807, 2.05) is 25.1 Å². The minimum absolute atomic E-state index is 0.0879. The van der Waals surface area contributed by atoms with Crippen LogP contribution in [0.5, 0.6) is 0 Å². The summed E-state index contributed by atoms with van der Waals surface area (Å²) in [5, 5.41) is 3.85. The number of para-hydroxylation sites is 1. The molecule has 0 aliphatic heterocycles. The number of nitrogens with zero attached hydrogens (tertiary/aromatic N) is 2. The average Bonchev–Trinajstić information content (AvgIpc) is 2.60. The van der Waals surface area contributed by atoms with Crippen molar-refractivity contribution in [1.29, 1.82) is 0 Å². The van der Waals surface area contributed by atoms with Crippen LogP contribution in [-0.2, 0) is 11.3 Å². The van der Waals surface area contributed by atoms with Crippen LogP contribution in [0.3, 0.4) is 0 Å². The van der Waals surface area contributed by atoms with Crippen LogP contribution in [-0.4, -0.2) is 15.5 Å².